The van der Waals surface area contributed by atoms with E-state index in [2.05, 4.69) is 20.7 Å². The first-order chi connectivity index (χ1) is 14.7. The van der Waals surface area contributed by atoms with E-state index in [-0.39, 0.29) is 18.4 Å². The smallest absolute Gasteiger partial charge is 0.493 e. The van der Waals surface area contributed by atoms with Crippen LogP contribution in [0, 0.1) is 0 Å². The topological polar surface area (TPSA) is 91.9 Å². The van der Waals surface area contributed by atoms with E-state index in [0.29, 0.717) is 29.9 Å². The van der Waals surface area contributed by atoms with Crippen LogP contribution < -0.4 is 25.4 Å². The van der Waals surface area contributed by atoms with Crippen molar-refractivity contribution < 1.29 is 32.2 Å². The number of benzene rings is 2. The molecule has 2 heterocycles. The Bertz CT molecular complexity index is 1030. The van der Waals surface area contributed by atoms with Crippen LogP contribution in [0.15, 0.2) is 36.4 Å². The molecule has 2 aromatic rings. The first-order valence-corrected chi connectivity index (χ1v) is 9.43. The molecule has 0 radical (unpaired) electrons. The predicted octanol–water partition coefficient (Wildman–Crippen LogP) is 4.21. The van der Waals surface area contributed by atoms with Gasteiger partial charge >= 0.3 is 18.4 Å². The van der Waals surface area contributed by atoms with Gasteiger partial charge in [0.15, 0.2) is 0 Å². The maximum atomic E-state index is 12.5. The van der Waals surface area contributed by atoms with Gasteiger partial charge in [0.2, 0.25) is 0 Å². The molecule has 0 bridgehead atoms. The number of halogens is 3. The minimum Gasteiger partial charge on any atom is -0.493 e. The lowest BCUT2D eigenvalue weighted by molar-refractivity contribution is -0.274. The Hall–Kier alpha value is -3.63. The average molecular weight is 436 g/mol. The average Bonchev–Trinajstić information content (AvgIpc) is 2.68. The van der Waals surface area contributed by atoms with Gasteiger partial charge in [-0.15, -0.1) is 13.2 Å². The van der Waals surface area contributed by atoms with Crippen molar-refractivity contribution in [3.05, 3.63) is 47.5 Å². The lowest BCUT2D eigenvalue weighted by Gasteiger charge is -2.28. The second-order valence-electron chi connectivity index (χ2n) is 7.19. The van der Waals surface area contributed by atoms with E-state index in [1.165, 1.54) is 17.0 Å². The number of alkyl halides is 3. The SMILES string of the molecule is CN1Cc2ccc(NC(=O)N[C@H]3CCOc4cc(OC(F)(F)F)ccc43)cc2NC1=O. The van der Waals surface area contributed by atoms with Gasteiger partial charge in [-0.25, -0.2) is 9.59 Å². The molecule has 31 heavy (non-hydrogen) atoms. The van der Waals surface area contributed by atoms with Crippen LogP contribution in [0.4, 0.5) is 34.1 Å². The first kappa shape index (κ1) is 20.6. The summed E-state index contributed by atoms with van der Waals surface area (Å²) in [6.45, 7) is 0.693. The van der Waals surface area contributed by atoms with Crippen molar-refractivity contribution in [2.75, 3.05) is 24.3 Å². The number of ether oxygens (including phenoxy) is 2. The summed E-state index contributed by atoms with van der Waals surface area (Å²) < 4.78 is 46.6. The standard InChI is InChI=1S/C20H19F3N4O4/c1-27-10-11-2-3-12(8-16(11)26-19(27)29)24-18(28)25-15-6-7-30-17-9-13(4-5-14(15)17)31-20(21,22)23/h2-5,8-9,15H,6-7,10H2,1H3,(H,26,29)(H2,24,25,28)/t15-/m0/s1. The van der Waals surface area contributed by atoms with Crippen molar-refractivity contribution in [2.24, 2.45) is 0 Å². The van der Waals surface area contributed by atoms with Crippen LogP contribution in [0.3, 0.4) is 0 Å². The molecule has 8 nitrogen and oxygen atoms in total. The molecule has 0 unspecified atom stereocenters. The van der Waals surface area contributed by atoms with E-state index in [9.17, 15) is 22.8 Å². The zero-order chi connectivity index (χ0) is 22.2. The summed E-state index contributed by atoms with van der Waals surface area (Å²) in [5.74, 6) is -0.169. The van der Waals surface area contributed by atoms with E-state index >= 15 is 0 Å². The van der Waals surface area contributed by atoms with Crippen LogP contribution >= 0.6 is 0 Å². The molecule has 0 fully saturated rings. The van der Waals surface area contributed by atoms with Crippen LogP contribution in [0.1, 0.15) is 23.6 Å². The minimum absolute atomic E-state index is 0.221. The Morgan fingerprint density at radius 1 is 1.26 bits per heavy atom. The molecule has 0 spiro atoms. The zero-order valence-electron chi connectivity index (χ0n) is 16.4. The highest BCUT2D eigenvalue weighted by atomic mass is 19.4. The van der Waals surface area contributed by atoms with Crippen LogP contribution in [0.2, 0.25) is 0 Å². The lowest BCUT2D eigenvalue weighted by Crippen LogP contribution is -2.36. The molecule has 4 rings (SSSR count). The number of anilines is 2. The van der Waals surface area contributed by atoms with Gasteiger partial charge in [0.05, 0.1) is 12.6 Å². The fourth-order valence-corrected chi connectivity index (χ4v) is 3.49. The molecule has 2 aromatic carbocycles. The highest BCUT2D eigenvalue weighted by Gasteiger charge is 2.32. The van der Waals surface area contributed by atoms with Gasteiger partial charge in [-0.1, -0.05) is 6.07 Å². The minimum atomic E-state index is -4.80. The number of carbonyl (C=O) groups excluding carboxylic acids is 2. The van der Waals surface area contributed by atoms with E-state index in [1.54, 1.807) is 19.2 Å². The van der Waals surface area contributed by atoms with Gasteiger partial charge in [-0.3, -0.25) is 0 Å². The maximum absolute atomic E-state index is 12.5. The molecule has 11 heteroatoms. The normalized spacial score (nSPS) is 17.6. The molecule has 0 saturated carbocycles. The second kappa shape index (κ2) is 7.89. The van der Waals surface area contributed by atoms with Crippen molar-refractivity contribution in [3.8, 4) is 11.5 Å². The lowest BCUT2D eigenvalue weighted by atomic mass is 10.0. The third-order valence-corrected chi connectivity index (χ3v) is 4.93. The Morgan fingerprint density at radius 2 is 2.06 bits per heavy atom. The van der Waals surface area contributed by atoms with E-state index in [4.69, 9.17) is 4.74 Å². The number of nitrogens with zero attached hydrogens (tertiary/aromatic N) is 1. The second-order valence-corrected chi connectivity index (χ2v) is 7.19. The summed E-state index contributed by atoms with van der Waals surface area (Å²) in [7, 11) is 1.68. The fourth-order valence-electron chi connectivity index (χ4n) is 3.49. The molecule has 0 aromatic heterocycles. The highest BCUT2D eigenvalue weighted by molar-refractivity contribution is 5.95. The molecule has 3 N–H and O–H groups in total. The quantitative estimate of drug-likeness (QED) is 0.672. The van der Waals surface area contributed by atoms with Crippen LogP contribution in [-0.4, -0.2) is 37.0 Å². The number of hydrogen-bond acceptors (Lipinski definition) is 4. The maximum Gasteiger partial charge on any atom is 0.573 e. The molecule has 164 valence electrons. The van der Waals surface area contributed by atoms with Gasteiger partial charge in [-0.05, 0) is 29.8 Å². The largest absolute Gasteiger partial charge is 0.573 e. The fraction of sp³-hybridized carbons (Fsp3) is 0.300. The first-order valence-electron chi connectivity index (χ1n) is 9.43. The number of urea groups is 2. The van der Waals surface area contributed by atoms with Gasteiger partial charge < -0.3 is 30.3 Å². The van der Waals surface area contributed by atoms with Crippen LogP contribution in [-0.2, 0) is 6.54 Å². The number of amides is 4. The summed E-state index contributed by atoms with van der Waals surface area (Å²) in [6, 6.07) is 7.79. The number of carbonyl (C=O) groups is 2. The molecule has 0 aliphatic carbocycles. The molecule has 2 aliphatic rings. The number of rotatable bonds is 3. The van der Waals surface area contributed by atoms with Gasteiger partial charge in [0.1, 0.15) is 11.5 Å². The molecular formula is C20H19F3N4O4. The Morgan fingerprint density at radius 3 is 2.84 bits per heavy atom. The zero-order valence-corrected chi connectivity index (χ0v) is 16.4. The van der Waals surface area contributed by atoms with Gasteiger partial charge in [0, 0.05) is 43.0 Å². The van der Waals surface area contributed by atoms with Crippen molar-refractivity contribution in [3.63, 3.8) is 0 Å². The van der Waals surface area contributed by atoms with E-state index in [1.807, 2.05) is 6.07 Å². The molecule has 1 atom stereocenters. The van der Waals surface area contributed by atoms with E-state index < -0.39 is 24.2 Å². The molecule has 0 saturated heterocycles. The summed E-state index contributed by atoms with van der Waals surface area (Å²) in [5, 5.41) is 8.25. The summed E-state index contributed by atoms with van der Waals surface area (Å²) in [6.07, 6.45) is -4.35. The van der Waals surface area contributed by atoms with Crippen molar-refractivity contribution in [2.45, 2.75) is 25.4 Å². The Labute approximate surface area is 175 Å². The monoisotopic (exact) mass is 436 g/mol. The molecule has 2 aliphatic heterocycles. The summed E-state index contributed by atoms with van der Waals surface area (Å²) >= 11 is 0. The third-order valence-electron chi connectivity index (χ3n) is 4.93. The number of hydrogen-bond donors (Lipinski definition) is 3. The van der Waals surface area contributed by atoms with Crippen molar-refractivity contribution in [1.29, 1.82) is 0 Å². The van der Waals surface area contributed by atoms with E-state index in [0.717, 1.165) is 11.6 Å². The number of fused-ring (bicyclic) bond motifs is 2. The van der Waals surface area contributed by atoms with Crippen LogP contribution in [0.5, 0.6) is 11.5 Å². The summed E-state index contributed by atoms with van der Waals surface area (Å²) in [4.78, 5) is 25.8. The molecule has 4 amide bonds. The number of nitrogens with one attached hydrogen (secondary N) is 3. The Kier molecular flexibility index (Phi) is 5.25. The Balaban J connectivity index is 1.43. The summed E-state index contributed by atoms with van der Waals surface area (Å²) in [5.41, 5.74) is 2.58. The highest BCUT2D eigenvalue weighted by Crippen LogP contribution is 2.36. The van der Waals surface area contributed by atoms with Crippen molar-refractivity contribution in [1.82, 2.24) is 10.2 Å². The van der Waals surface area contributed by atoms with Crippen molar-refractivity contribution >= 4 is 23.4 Å². The van der Waals surface area contributed by atoms with Gasteiger partial charge in [0.25, 0.3) is 0 Å². The third kappa shape index (κ3) is 4.76. The van der Waals surface area contributed by atoms with Gasteiger partial charge in [-0.2, -0.15) is 0 Å². The predicted molar refractivity (Wildman–Crippen MR) is 105 cm³/mol. The molecular weight excluding hydrogens is 417 g/mol. The van der Waals surface area contributed by atoms with Crippen LogP contribution in [0.25, 0.3) is 0 Å².